The van der Waals surface area contributed by atoms with Crippen LogP contribution >= 0.6 is 0 Å². The quantitative estimate of drug-likeness (QED) is 0.601. The van der Waals surface area contributed by atoms with E-state index in [1.54, 1.807) is 0 Å². The van der Waals surface area contributed by atoms with Gasteiger partial charge in [-0.2, -0.15) is 0 Å². The van der Waals surface area contributed by atoms with Crippen molar-refractivity contribution in [2.24, 2.45) is 0 Å². The summed E-state index contributed by atoms with van der Waals surface area (Å²) in [6.45, 7) is 5.87. The first kappa shape index (κ1) is 10.8. The maximum absolute atomic E-state index is 2.36. The average molecular weight is 226 g/mol. The van der Waals surface area contributed by atoms with Crippen LogP contribution in [-0.4, -0.2) is 20.6 Å². The van der Waals surface area contributed by atoms with E-state index in [0.29, 0.717) is 0 Å². The van der Waals surface area contributed by atoms with Crippen LogP contribution in [0.4, 0.5) is 5.69 Å². The second-order valence-corrected chi connectivity index (χ2v) is 6.41. The lowest BCUT2D eigenvalue weighted by Gasteiger charge is -2.43. The summed E-state index contributed by atoms with van der Waals surface area (Å²) in [7, 11) is 4.62. The van der Waals surface area contributed by atoms with Crippen LogP contribution in [0.2, 0.25) is 0 Å². The van der Waals surface area contributed by atoms with E-state index in [1.165, 1.54) is 22.0 Å². The molecular formula is C16H20N+. The molecule has 88 valence electrons. The molecule has 2 aromatic rings. The van der Waals surface area contributed by atoms with E-state index < -0.39 is 0 Å². The molecule has 0 saturated carbocycles. The molecule has 3 rings (SSSR count). The standard InChI is InChI=1S/C16H20N/c1-16(2)11-17(3,4)14-10-6-8-12-7-5-9-13(16)15(12)14/h5-10H,11H2,1-4H3/q+1. The van der Waals surface area contributed by atoms with E-state index in [0.717, 1.165) is 11.0 Å². The van der Waals surface area contributed by atoms with Crippen LogP contribution in [0.25, 0.3) is 10.8 Å². The molecule has 0 unspecified atom stereocenters. The maximum Gasteiger partial charge on any atom is 0.140 e. The number of hydrogen-bond donors (Lipinski definition) is 0. The number of likely N-dealkylation sites (N-methyl/N-ethyl adjacent to an activating group) is 1. The van der Waals surface area contributed by atoms with Crippen LogP contribution < -0.4 is 4.48 Å². The number of nitrogens with zero attached hydrogens (tertiary/aromatic N) is 1. The van der Waals surface area contributed by atoms with E-state index in [2.05, 4.69) is 64.3 Å². The van der Waals surface area contributed by atoms with Gasteiger partial charge in [0.1, 0.15) is 5.69 Å². The second-order valence-electron chi connectivity index (χ2n) is 6.41. The van der Waals surface area contributed by atoms with Gasteiger partial charge in [0.05, 0.1) is 20.6 Å². The highest BCUT2D eigenvalue weighted by Gasteiger charge is 2.39. The van der Waals surface area contributed by atoms with Crippen LogP contribution in [0.1, 0.15) is 19.4 Å². The first-order valence-corrected chi connectivity index (χ1v) is 6.28. The number of hydrogen-bond acceptors (Lipinski definition) is 0. The fraction of sp³-hybridized carbons (Fsp3) is 0.375. The smallest absolute Gasteiger partial charge is 0.140 e. The zero-order valence-corrected chi connectivity index (χ0v) is 11.1. The summed E-state index contributed by atoms with van der Waals surface area (Å²) in [5, 5.41) is 2.84. The largest absolute Gasteiger partial charge is 0.295 e. The molecule has 1 aliphatic rings. The van der Waals surface area contributed by atoms with E-state index >= 15 is 0 Å². The minimum absolute atomic E-state index is 0.247. The molecule has 0 aliphatic carbocycles. The maximum atomic E-state index is 2.36. The fourth-order valence-electron chi connectivity index (χ4n) is 3.55. The molecule has 1 nitrogen and oxygen atoms in total. The first-order chi connectivity index (χ1) is 7.92. The minimum atomic E-state index is 0.247. The lowest BCUT2D eigenvalue weighted by molar-refractivity contribution is 0.305. The van der Waals surface area contributed by atoms with Crippen molar-refractivity contribution in [1.29, 1.82) is 0 Å². The Hall–Kier alpha value is -1.34. The third-order valence-corrected chi connectivity index (χ3v) is 4.05. The first-order valence-electron chi connectivity index (χ1n) is 6.28. The van der Waals surface area contributed by atoms with E-state index in [9.17, 15) is 0 Å². The van der Waals surface area contributed by atoms with Gasteiger partial charge in [-0.05, 0) is 17.0 Å². The molecule has 0 fully saturated rings. The Kier molecular flexibility index (Phi) is 1.97. The Morgan fingerprint density at radius 1 is 1.00 bits per heavy atom. The molecule has 0 radical (unpaired) electrons. The highest BCUT2D eigenvalue weighted by atomic mass is 15.3. The predicted octanol–water partition coefficient (Wildman–Crippen LogP) is 3.70. The zero-order chi connectivity index (χ0) is 12.3. The van der Waals surface area contributed by atoms with Crippen molar-refractivity contribution in [2.75, 3.05) is 20.6 Å². The Bertz CT molecular complexity index is 545. The van der Waals surface area contributed by atoms with Gasteiger partial charge in [-0.25, -0.2) is 0 Å². The molecule has 0 N–H and O–H groups in total. The molecule has 1 heterocycles. The van der Waals surface area contributed by atoms with Gasteiger partial charge in [0.25, 0.3) is 0 Å². The van der Waals surface area contributed by atoms with Gasteiger partial charge in [0.15, 0.2) is 0 Å². The minimum Gasteiger partial charge on any atom is -0.295 e. The average Bonchev–Trinajstić information content (AvgIpc) is 2.24. The fourth-order valence-corrected chi connectivity index (χ4v) is 3.55. The summed E-state index contributed by atoms with van der Waals surface area (Å²) < 4.78 is 0.974. The topological polar surface area (TPSA) is 0 Å². The third kappa shape index (κ3) is 1.42. The van der Waals surface area contributed by atoms with Crippen molar-refractivity contribution in [3.63, 3.8) is 0 Å². The molecule has 1 heteroatoms. The van der Waals surface area contributed by atoms with Crippen LogP contribution in [0, 0.1) is 0 Å². The molecule has 0 saturated heterocycles. The predicted molar refractivity (Wildman–Crippen MR) is 75.5 cm³/mol. The molecule has 1 aliphatic heterocycles. The zero-order valence-electron chi connectivity index (χ0n) is 11.1. The number of quaternary nitrogens is 1. The van der Waals surface area contributed by atoms with Gasteiger partial charge in [-0.1, -0.05) is 44.2 Å². The van der Waals surface area contributed by atoms with Gasteiger partial charge in [-0.3, -0.25) is 4.48 Å². The molecule has 0 amide bonds. The Balaban J connectivity index is 2.50. The van der Waals surface area contributed by atoms with Crippen LogP contribution in [0.5, 0.6) is 0 Å². The summed E-state index contributed by atoms with van der Waals surface area (Å²) in [4.78, 5) is 0. The van der Waals surface area contributed by atoms with E-state index in [4.69, 9.17) is 0 Å². The molecule has 0 bridgehead atoms. The van der Waals surface area contributed by atoms with Gasteiger partial charge in [0.2, 0.25) is 0 Å². The Labute approximate surface area is 103 Å². The SMILES string of the molecule is CC1(C)C[N+](C)(C)c2cccc3cccc1c23. The Morgan fingerprint density at radius 2 is 1.65 bits per heavy atom. The number of benzene rings is 2. The molecule has 17 heavy (non-hydrogen) atoms. The summed E-state index contributed by atoms with van der Waals surface area (Å²) >= 11 is 0. The van der Waals surface area contributed by atoms with Crippen LogP contribution in [0.3, 0.4) is 0 Å². The summed E-state index contributed by atoms with van der Waals surface area (Å²) in [5.74, 6) is 0. The van der Waals surface area contributed by atoms with E-state index in [1.807, 2.05) is 0 Å². The highest BCUT2D eigenvalue weighted by molar-refractivity contribution is 5.97. The molecular weight excluding hydrogens is 206 g/mol. The molecule has 0 aromatic heterocycles. The van der Waals surface area contributed by atoms with Crippen molar-refractivity contribution in [2.45, 2.75) is 19.3 Å². The summed E-state index contributed by atoms with van der Waals surface area (Å²) in [6.07, 6.45) is 0. The normalized spacial score (nSPS) is 20.5. The molecule has 0 spiro atoms. The van der Waals surface area contributed by atoms with Gasteiger partial charge >= 0.3 is 0 Å². The van der Waals surface area contributed by atoms with Crippen molar-refractivity contribution >= 4 is 16.5 Å². The highest BCUT2D eigenvalue weighted by Crippen LogP contribution is 2.43. The third-order valence-electron chi connectivity index (χ3n) is 4.05. The van der Waals surface area contributed by atoms with Gasteiger partial charge in [-0.15, -0.1) is 0 Å². The van der Waals surface area contributed by atoms with Crippen molar-refractivity contribution in [1.82, 2.24) is 4.48 Å². The summed E-state index contributed by atoms with van der Waals surface area (Å²) in [6, 6.07) is 13.4. The van der Waals surface area contributed by atoms with Gasteiger partial charge < -0.3 is 0 Å². The van der Waals surface area contributed by atoms with Crippen molar-refractivity contribution in [3.05, 3.63) is 42.0 Å². The van der Waals surface area contributed by atoms with Crippen molar-refractivity contribution in [3.8, 4) is 0 Å². The molecule has 2 aromatic carbocycles. The Morgan fingerprint density at radius 3 is 2.35 bits per heavy atom. The number of rotatable bonds is 0. The van der Waals surface area contributed by atoms with Crippen molar-refractivity contribution < 1.29 is 0 Å². The van der Waals surface area contributed by atoms with Gasteiger partial charge in [0, 0.05) is 10.8 Å². The van der Waals surface area contributed by atoms with Crippen LogP contribution in [0.15, 0.2) is 36.4 Å². The molecule has 0 atom stereocenters. The summed E-state index contributed by atoms with van der Waals surface area (Å²) in [5.41, 5.74) is 3.21. The van der Waals surface area contributed by atoms with Crippen LogP contribution in [-0.2, 0) is 5.41 Å². The monoisotopic (exact) mass is 226 g/mol. The second kappa shape index (κ2) is 3.11. The van der Waals surface area contributed by atoms with E-state index in [-0.39, 0.29) is 5.41 Å². The lowest BCUT2D eigenvalue weighted by atomic mass is 9.77. The lowest BCUT2D eigenvalue weighted by Crippen LogP contribution is -2.51.